The first-order valence-electron chi connectivity index (χ1n) is 4.85. The third-order valence-electron chi connectivity index (χ3n) is 2.25. The number of hydrogen-bond acceptors (Lipinski definition) is 3. The van der Waals surface area contributed by atoms with E-state index in [0.717, 1.165) is 0 Å². The van der Waals surface area contributed by atoms with Crippen molar-refractivity contribution in [1.82, 2.24) is 5.32 Å². The summed E-state index contributed by atoms with van der Waals surface area (Å²) >= 11 is 0. The Morgan fingerprint density at radius 3 is 2.79 bits per heavy atom. The Morgan fingerprint density at radius 1 is 1.57 bits per heavy atom. The van der Waals surface area contributed by atoms with Crippen molar-refractivity contribution >= 4 is 5.91 Å². The molecule has 0 bridgehead atoms. The van der Waals surface area contributed by atoms with E-state index in [9.17, 15) is 4.79 Å². The molecule has 3 N–H and O–H groups in total. The fourth-order valence-corrected chi connectivity index (χ4v) is 1.33. The van der Waals surface area contributed by atoms with Crippen molar-refractivity contribution < 1.29 is 9.53 Å². The van der Waals surface area contributed by atoms with Crippen molar-refractivity contribution in [3.05, 3.63) is 11.6 Å². The molecule has 4 heteroatoms. The molecule has 1 heterocycles. The van der Waals surface area contributed by atoms with E-state index in [1.807, 2.05) is 19.9 Å². The van der Waals surface area contributed by atoms with Crippen molar-refractivity contribution in [3.8, 4) is 0 Å². The summed E-state index contributed by atoms with van der Waals surface area (Å²) in [5, 5.41) is 2.81. The lowest BCUT2D eigenvalue weighted by molar-refractivity contribution is -0.125. The zero-order valence-electron chi connectivity index (χ0n) is 8.75. The second kappa shape index (κ2) is 5.12. The number of nitrogens with one attached hydrogen (secondary N) is 1. The molecule has 4 nitrogen and oxygen atoms in total. The average Bonchev–Trinajstić information content (AvgIpc) is 2.50. The van der Waals surface area contributed by atoms with E-state index in [4.69, 9.17) is 10.5 Å². The van der Waals surface area contributed by atoms with E-state index in [2.05, 4.69) is 5.32 Å². The minimum absolute atomic E-state index is 0.00694. The van der Waals surface area contributed by atoms with Gasteiger partial charge in [-0.15, -0.1) is 0 Å². The van der Waals surface area contributed by atoms with Crippen molar-refractivity contribution in [3.63, 3.8) is 0 Å². The van der Waals surface area contributed by atoms with E-state index in [1.165, 1.54) is 5.57 Å². The Hall–Kier alpha value is -0.870. The highest BCUT2D eigenvalue weighted by atomic mass is 16.5. The van der Waals surface area contributed by atoms with E-state index in [0.29, 0.717) is 19.8 Å². The van der Waals surface area contributed by atoms with Crippen LogP contribution in [0, 0.1) is 5.92 Å². The van der Waals surface area contributed by atoms with Crippen molar-refractivity contribution in [1.29, 1.82) is 0 Å². The normalized spacial score (nSPS) is 25.9. The molecule has 0 aromatic carbocycles. The summed E-state index contributed by atoms with van der Waals surface area (Å²) in [6, 6.07) is -0.151. The fourth-order valence-electron chi connectivity index (χ4n) is 1.33. The molecule has 0 aromatic heterocycles. The summed E-state index contributed by atoms with van der Waals surface area (Å²) < 4.78 is 5.12. The van der Waals surface area contributed by atoms with Crippen molar-refractivity contribution in [2.24, 2.45) is 11.7 Å². The first kappa shape index (κ1) is 11.2. The minimum atomic E-state index is -0.180. The van der Waals surface area contributed by atoms with Crippen LogP contribution >= 0.6 is 0 Å². The topological polar surface area (TPSA) is 64.3 Å². The molecule has 1 saturated heterocycles. The Labute approximate surface area is 84.5 Å². The maximum atomic E-state index is 11.5. The Morgan fingerprint density at radius 2 is 2.29 bits per heavy atom. The standard InChI is InChI=1S/C10H18N2O2/c1-7(2)3-4-12-10(13)8-5-14-6-9(8)11/h3,8-9H,4-6,11H2,1-2H3,(H,12,13). The van der Waals surface area contributed by atoms with Crippen LogP contribution in [0.5, 0.6) is 0 Å². The van der Waals surface area contributed by atoms with Crippen LogP contribution in [0.4, 0.5) is 0 Å². The number of amides is 1. The third-order valence-corrected chi connectivity index (χ3v) is 2.25. The quantitative estimate of drug-likeness (QED) is 0.629. The first-order valence-corrected chi connectivity index (χ1v) is 4.85. The van der Waals surface area contributed by atoms with Gasteiger partial charge in [0.15, 0.2) is 0 Å². The zero-order chi connectivity index (χ0) is 10.6. The van der Waals surface area contributed by atoms with Crippen LogP contribution in [0.15, 0.2) is 11.6 Å². The van der Waals surface area contributed by atoms with Crippen LogP contribution in [-0.4, -0.2) is 31.7 Å². The zero-order valence-corrected chi connectivity index (χ0v) is 8.75. The lowest BCUT2D eigenvalue weighted by Crippen LogP contribution is -2.41. The number of nitrogens with two attached hydrogens (primary N) is 1. The number of allylic oxidation sites excluding steroid dienone is 1. The second-order valence-electron chi connectivity index (χ2n) is 3.83. The van der Waals surface area contributed by atoms with Gasteiger partial charge in [-0.3, -0.25) is 4.79 Å². The second-order valence-corrected chi connectivity index (χ2v) is 3.83. The molecule has 1 rings (SSSR count). The predicted molar refractivity (Wildman–Crippen MR) is 54.7 cm³/mol. The van der Waals surface area contributed by atoms with Crippen LogP contribution in [0.3, 0.4) is 0 Å². The molecule has 1 fully saturated rings. The summed E-state index contributed by atoms with van der Waals surface area (Å²) in [5.41, 5.74) is 6.90. The maximum absolute atomic E-state index is 11.5. The number of ether oxygens (including phenoxy) is 1. The van der Waals surface area contributed by atoms with E-state index >= 15 is 0 Å². The van der Waals surface area contributed by atoms with Crippen LogP contribution < -0.4 is 11.1 Å². The maximum Gasteiger partial charge on any atom is 0.227 e. The largest absolute Gasteiger partial charge is 0.379 e. The van der Waals surface area contributed by atoms with E-state index < -0.39 is 0 Å². The summed E-state index contributed by atoms with van der Waals surface area (Å²) in [5.74, 6) is -0.187. The van der Waals surface area contributed by atoms with Gasteiger partial charge in [-0.25, -0.2) is 0 Å². The van der Waals surface area contributed by atoms with E-state index in [-0.39, 0.29) is 17.9 Å². The molecule has 1 aliphatic heterocycles. The van der Waals surface area contributed by atoms with Gasteiger partial charge in [0.1, 0.15) is 0 Å². The Kier molecular flexibility index (Phi) is 4.10. The highest BCUT2D eigenvalue weighted by molar-refractivity contribution is 5.79. The lowest BCUT2D eigenvalue weighted by atomic mass is 10.0. The van der Waals surface area contributed by atoms with E-state index in [1.54, 1.807) is 0 Å². The highest BCUT2D eigenvalue weighted by Crippen LogP contribution is 2.11. The third kappa shape index (κ3) is 3.12. The van der Waals surface area contributed by atoms with Crippen molar-refractivity contribution in [2.45, 2.75) is 19.9 Å². The average molecular weight is 198 g/mol. The van der Waals surface area contributed by atoms with Crippen molar-refractivity contribution in [2.75, 3.05) is 19.8 Å². The number of carbonyl (C=O) groups excluding carboxylic acids is 1. The van der Waals surface area contributed by atoms with Crippen LogP contribution in [0.1, 0.15) is 13.8 Å². The Bertz CT molecular complexity index is 234. The number of rotatable bonds is 3. The molecule has 1 amide bonds. The minimum Gasteiger partial charge on any atom is -0.379 e. The molecular formula is C10H18N2O2. The molecule has 0 saturated carbocycles. The van der Waals surface area contributed by atoms with Gasteiger partial charge in [0.05, 0.1) is 19.1 Å². The van der Waals surface area contributed by atoms with Gasteiger partial charge >= 0.3 is 0 Å². The van der Waals surface area contributed by atoms with Crippen LogP contribution in [0.25, 0.3) is 0 Å². The predicted octanol–water partition coefficient (Wildman–Crippen LogP) is 0.0425. The monoisotopic (exact) mass is 198 g/mol. The smallest absolute Gasteiger partial charge is 0.227 e. The SMILES string of the molecule is CC(C)=CCNC(=O)C1COCC1N. The summed E-state index contributed by atoms with van der Waals surface area (Å²) in [6.45, 7) is 5.50. The molecule has 0 aromatic rings. The van der Waals surface area contributed by atoms with Gasteiger partial charge < -0.3 is 15.8 Å². The number of carbonyl (C=O) groups is 1. The van der Waals surface area contributed by atoms with Gasteiger partial charge in [-0.2, -0.15) is 0 Å². The van der Waals surface area contributed by atoms with Gasteiger partial charge in [0.25, 0.3) is 0 Å². The Balaban J connectivity index is 2.31. The van der Waals surface area contributed by atoms with Gasteiger partial charge in [0, 0.05) is 12.6 Å². The molecule has 0 aliphatic carbocycles. The molecule has 1 aliphatic rings. The fraction of sp³-hybridized carbons (Fsp3) is 0.700. The molecule has 2 atom stereocenters. The first-order chi connectivity index (χ1) is 6.61. The van der Waals surface area contributed by atoms with Gasteiger partial charge in [-0.1, -0.05) is 11.6 Å². The summed E-state index contributed by atoms with van der Waals surface area (Å²) in [4.78, 5) is 11.5. The molecular weight excluding hydrogens is 180 g/mol. The van der Waals surface area contributed by atoms with Gasteiger partial charge in [-0.05, 0) is 13.8 Å². The van der Waals surface area contributed by atoms with Gasteiger partial charge in [0.2, 0.25) is 5.91 Å². The van der Waals surface area contributed by atoms with Crippen LogP contribution in [0.2, 0.25) is 0 Å². The number of hydrogen-bond donors (Lipinski definition) is 2. The summed E-state index contributed by atoms with van der Waals surface area (Å²) in [7, 11) is 0. The molecule has 14 heavy (non-hydrogen) atoms. The molecule has 2 unspecified atom stereocenters. The molecule has 0 radical (unpaired) electrons. The lowest BCUT2D eigenvalue weighted by Gasteiger charge is -2.12. The highest BCUT2D eigenvalue weighted by Gasteiger charge is 2.30. The van der Waals surface area contributed by atoms with Crippen LogP contribution in [-0.2, 0) is 9.53 Å². The molecule has 80 valence electrons. The molecule has 0 spiro atoms. The summed E-state index contributed by atoms with van der Waals surface area (Å²) in [6.07, 6.45) is 1.97.